The van der Waals surface area contributed by atoms with Crippen molar-refractivity contribution >= 4 is 41.3 Å². The van der Waals surface area contributed by atoms with Gasteiger partial charge in [-0.3, -0.25) is 19.4 Å². The third kappa shape index (κ3) is 8.99. The fraction of sp³-hybridized carbons (Fsp3) is 0.500. The maximum atomic E-state index is 11.9. The molecule has 1 fully saturated rings. The number of carbonyl (C=O) groups is 2. The van der Waals surface area contributed by atoms with Crippen molar-refractivity contribution in [2.45, 2.75) is 38.3 Å². The average molecular weight is 565 g/mol. The topological polar surface area (TPSA) is 269 Å². The van der Waals surface area contributed by atoms with Crippen LogP contribution in [0.2, 0.25) is 0 Å². The predicted octanol–water partition coefficient (Wildman–Crippen LogP) is -1.12. The van der Waals surface area contributed by atoms with Crippen molar-refractivity contribution in [1.29, 1.82) is 0 Å². The van der Waals surface area contributed by atoms with Crippen molar-refractivity contribution < 1.29 is 70.6 Å². The third-order valence-electron chi connectivity index (χ3n) is 4.01. The van der Waals surface area contributed by atoms with E-state index in [1.807, 2.05) is 0 Å². The Labute approximate surface area is 197 Å². The molecule has 0 bridgehead atoms. The number of hydrogen-bond acceptors (Lipinski definition) is 13. The molecular weight excluding hydrogens is 543 g/mol. The number of aliphatic hydroxyl groups excluding tert-OH is 1. The maximum Gasteiger partial charge on any atom is 0.490 e. The summed E-state index contributed by atoms with van der Waals surface area (Å²) in [6, 6.07) is 0. The van der Waals surface area contributed by atoms with Crippen molar-refractivity contribution in [3.8, 4) is 0 Å². The molecule has 0 saturated carbocycles. The van der Waals surface area contributed by atoms with Crippen LogP contribution in [-0.2, 0) is 45.9 Å². The van der Waals surface area contributed by atoms with Gasteiger partial charge in [0.15, 0.2) is 6.10 Å². The average Bonchev–Trinajstić information content (AvgIpc) is 2.92. The Hall–Kier alpha value is -1.78. The summed E-state index contributed by atoms with van der Waals surface area (Å²) in [4.78, 5) is 62.5. The Morgan fingerprint density at radius 2 is 1.80 bits per heavy atom. The van der Waals surface area contributed by atoms with E-state index in [0.717, 1.165) is 6.92 Å². The zero-order valence-corrected chi connectivity index (χ0v) is 20.6. The van der Waals surface area contributed by atoms with E-state index in [0.29, 0.717) is 0 Å². The van der Waals surface area contributed by atoms with Gasteiger partial charge in [-0.25, -0.2) is 18.7 Å². The minimum Gasteiger partial charge on any atom is -0.457 e. The van der Waals surface area contributed by atoms with Crippen molar-refractivity contribution in [1.82, 2.24) is 10.6 Å². The van der Waals surface area contributed by atoms with Crippen LogP contribution >= 0.6 is 23.5 Å². The zero-order chi connectivity index (χ0) is 26.8. The SMILES string of the molecule is C=C1NC(NC(C)=O)=NC=C1[C@@H]1O[C@H](COP(=O)(O)OP(=O)(O)OP(=O)(O)O)C(O)[C@@H]1OC(C)=O. The Kier molecular flexibility index (Phi) is 9.33. The molecule has 2 aliphatic rings. The number of nitrogens with zero attached hydrogens (tertiary/aromatic N) is 1. The molecule has 0 aliphatic carbocycles. The molecule has 0 aromatic heterocycles. The van der Waals surface area contributed by atoms with Crippen molar-refractivity contribution in [3.63, 3.8) is 0 Å². The molecule has 21 heteroatoms. The van der Waals surface area contributed by atoms with Gasteiger partial charge in [-0.05, 0) is 0 Å². The van der Waals surface area contributed by atoms with E-state index >= 15 is 0 Å². The van der Waals surface area contributed by atoms with Crippen LogP contribution in [0.15, 0.2) is 29.0 Å². The summed E-state index contributed by atoms with van der Waals surface area (Å²) in [5.41, 5.74) is 0.289. The second-order valence-electron chi connectivity index (χ2n) is 6.89. The number of amides is 1. The number of aliphatic imine (C=N–C) groups is 1. The Morgan fingerprint density at radius 1 is 1.17 bits per heavy atom. The van der Waals surface area contributed by atoms with E-state index in [-0.39, 0.29) is 17.2 Å². The second kappa shape index (κ2) is 11.1. The maximum absolute atomic E-state index is 11.9. The van der Waals surface area contributed by atoms with Gasteiger partial charge in [0.25, 0.3) is 0 Å². The van der Waals surface area contributed by atoms with Gasteiger partial charge in [0, 0.05) is 31.3 Å². The van der Waals surface area contributed by atoms with Crippen LogP contribution in [0.3, 0.4) is 0 Å². The van der Waals surface area contributed by atoms with Gasteiger partial charge in [0.05, 0.1) is 6.61 Å². The minimum absolute atomic E-state index is 0.0260. The number of ether oxygens (including phenoxy) is 2. The van der Waals surface area contributed by atoms with Crippen LogP contribution in [0.4, 0.5) is 0 Å². The number of phosphoric acid groups is 3. The van der Waals surface area contributed by atoms with Gasteiger partial charge in [-0.1, -0.05) is 6.58 Å². The van der Waals surface area contributed by atoms with Gasteiger partial charge in [0.1, 0.15) is 18.3 Å². The molecule has 2 rings (SSSR count). The lowest BCUT2D eigenvalue weighted by Crippen LogP contribution is -2.44. The van der Waals surface area contributed by atoms with Crippen LogP contribution in [0.1, 0.15) is 13.8 Å². The fourth-order valence-corrected chi connectivity index (χ4v) is 5.88. The van der Waals surface area contributed by atoms with Gasteiger partial charge >= 0.3 is 29.4 Å². The van der Waals surface area contributed by atoms with Crippen molar-refractivity contribution in [2.75, 3.05) is 6.61 Å². The predicted molar refractivity (Wildman–Crippen MR) is 112 cm³/mol. The van der Waals surface area contributed by atoms with E-state index in [4.69, 9.17) is 19.3 Å². The molecule has 1 saturated heterocycles. The highest BCUT2D eigenvalue weighted by molar-refractivity contribution is 7.66. The van der Waals surface area contributed by atoms with Crippen LogP contribution in [0, 0.1) is 0 Å². The molecule has 0 aromatic carbocycles. The summed E-state index contributed by atoms with van der Waals surface area (Å²) in [6.07, 6.45) is -4.62. The van der Waals surface area contributed by atoms with E-state index < -0.39 is 66.4 Å². The number of esters is 1. The Morgan fingerprint density at radius 3 is 2.31 bits per heavy atom. The summed E-state index contributed by atoms with van der Waals surface area (Å²) >= 11 is 0. The molecule has 0 spiro atoms. The summed E-state index contributed by atoms with van der Waals surface area (Å²) in [5.74, 6) is -1.23. The molecule has 35 heavy (non-hydrogen) atoms. The van der Waals surface area contributed by atoms with E-state index in [1.54, 1.807) is 0 Å². The van der Waals surface area contributed by atoms with Crippen molar-refractivity contribution in [3.05, 3.63) is 24.0 Å². The highest BCUT2D eigenvalue weighted by atomic mass is 31.3. The van der Waals surface area contributed by atoms with E-state index in [2.05, 4.69) is 35.3 Å². The van der Waals surface area contributed by atoms with Gasteiger partial charge in [-0.15, -0.1) is 0 Å². The highest BCUT2D eigenvalue weighted by Gasteiger charge is 2.50. The lowest BCUT2D eigenvalue weighted by Gasteiger charge is -2.26. The Balaban J connectivity index is 2.17. The molecule has 1 amide bonds. The normalized spacial score (nSPS) is 28.1. The number of hydrogen-bond donors (Lipinski definition) is 7. The number of aliphatic hydroxyl groups is 1. The van der Waals surface area contributed by atoms with E-state index in [1.165, 1.54) is 13.1 Å². The smallest absolute Gasteiger partial charge is 0.457 e. The molecule has 3 unspecified atom stereocenters. The lowest BCUT2D eigenvalue weighted by atomic mass is 9.99. The number of guanidine groups is 1. The summed E-state index contributed by atoms with van der Waals surface area (Å²) in [7, 11) is -16.8. The number of phosphoric ester groups is 1. The molecule has 7 N–H and O–H groups in total. The Bertz CT molecular complexity index is 1080. The van der Waals surface area contributed by atoms with Crippen LogP contribution in [0.5, 0.6) is 0 Å². The quantitative estimate of drug-likeness (QED) is 0.129. The first-order valence-electron chi connectivity index (χ1n) is 9.20. The summed E-state index contributed by atoms with van der Waals surface area (Å²) < 4.78 is 56.3. The minimum atomic E-state index is -5.75. The molecule has 18 nitrogen and oxygen atoms in total. The van der Waals surface area contributed by atoms with Gasteiger partial charge in [0.2, 0.25) is 11.9 Å². The molecule has 2 aliphatic heterocycles. The number of carbonyl (C=O) groups excluding carboxylic acids is 2. The van der Waals surface area contributed by atoms with Crippen LogP contribution < -0.4 is 10.6 Å². The van der Waals surface area contributed by atoms with Crippen LogP contribution in [-0.4, -0.2) is 73.5 Å². The first kappa shape index (κ1) is 29.5. The highest BCUT2D eigenvalue weighted by Crippen LogP contribution is 2.66. The summed E-state index contributed by atoms with van der Waals surface area (Å²) in [6.45, 7) is 5.01. The van der Waals surface area contributed by atoms with Crippen LogP contribution in [0.25, 0.3) is 0 Å². The second-order valence-corrected chi connectivity index (χ2v) is 11.3. The molecule has 0 aromatic rings. The van der Waals surface area contributed by atoms with E-state index in [9.17, 15) is 38.2 Å². The molecule has 0 radical (unpaired) electrons. The number of rotatable bonds is 9. The molecule has 6 atom stereocenters. The van der Waals surface area contributed by atoms with Gasteiger partial charge < -0.3 is 39.5 Å². The standard InChI is InChI=1S/C14H22N3O15P3/c1-6-9(4-15-14(16-6)17-7(2)18)12-13(29-8(3)19)11(20)10(30-12)5-28-34(24,25)32-35(26,27)31-33(21,22)23/h4,10-13,20H,1,5H2,2-3H3,(H,24,25)(H,26,27)(H2,21,22,23)(H2,15,16,17,18)/t10-,11?,12+,13+/m1/s1. The van der Waals surface area contributed by atoms with Crippen molar-refractivity contribution in [2.24, 2.45) is 4.99 Å². The monoisotopic (exact) mass is 565 g/mol. The first-order chi connectivity index (χ1) is 15.9. The molecule has 198 valence electrons. The largest absolute Gasteiger partial charge is 0.490 e. The number of nitrogens with one attached hydrogen (secondary N) is 2. The third-order valence-corrected chi connectivity index (χ3v) is 7.81. The molecular formula is C14H22N3O15P3. The lowest BCUT2D eigenvalue weighted by molar-refractivity contribution is -0.151. The molecule has 2 heterocycles. The fourth-order valence-electron chi connectivity index (χ4n) is 2.85. The zero-order valence-electron chi connectivity index (χ0n) is 17.9. The van der Waals surface area contributed by atoms with Gasteiger partial charge in [-0.2, -0.15) is 8.62 Å². The summed E-state index contributed by atoms with van der Waals surface area (Å²) in [5, 5.41) is 15.6. The first-order valence-corrected chi connectivity index (χ1v) is 13.7.